The Hall–Kier alpha value is -2.69. The average molecular weight is 395 g/mol. The Bertz CT molecular complexity index is 894. The first kappa shape index (κ1) is 21.0. The number of aliphatic imine (C=N–C) groups is 1. The largest absolute Gasteiger partial charge is 0.494 e. The Morgan fingerprint density at radius 3 is 2.72 bits per heavy atom. The highest BCUT2D eigenvalue weighted by Crippen LogP contribution is 2.49. The molecule has 2 aliphatic rings. The molecule has 0 radical (unpaired) electrons. The maximum atomic E-state index is 13.2. The number of hydrogen-bond donors (Lipinski definition) is 0. The molecular weight excluding hydrogens is 366 g/mol. The fraction of sp³-hybridized carbons (Fsp3) is 0.458. The molecule has 0 amide bonds. The second kappa shape index (κ2) is 8.36. The van der Waals surface area contributed by atoms with E-state index in [4.69, 9.17) is 14.5 Å². The maximum absolute atomic E-state index is 13.2. The second-order valence-electron chi connectivity index (χ2n) is 8.40. The summed E-state index contributed by atoms with van der Waals surface area (Å²) in [5, 5.41) is 0. The second-order valence-corrected chi connectivity index (χ2v) is 8.40. The number of ether oxygens (including phenoxy) is 2. The highest BCUT2D eigenvalue weighted by Gasteiger charge is 2.46. The summed E-state index contributed by atoms with van der Waals surface area (Å²) in [6.45, 7) is 12.1. The van der Waals surface area contributed by atoms with E-state index in [0.29, 0.717) is 36.5 Å². The molecule has 0 spiro atoms. The van der Waals surface area contributed by atoms with Crippen molar-refractivity contribution in [2.45, 2.75) is 46.5 Å². The number of carbonyl (C=O) groups excluding carboxylic acids is 2. The van der Waals surface area contributed by atoms with Gasteiger partial charge >= 0.3 is 5.97 Å². The lowest BCUT2D eigenvalue weighted by Gasteiger charge is -2.39. The molecule has 1 heterocycles. The van der Waals surface area contributed by atoms with Crippen LogP contribution in [0.25, 0.3) is 0 Å². The van der Waals surface area contributed by atoms with E-state index in [1.54, 1.807) is 0 Å². The van der Waals surface area contributed by atoms with E-state index < -0.39 is 17.8 Å². The Kier molecular flexibility index (Phi) is 6.06. The van der Waals surface area contributed by atoms with Crippen LogP contribution in [0.5, 0.6) is 5.75 Å². The molecule has 0 saturated heterocycles. The van der Waals surface area contributed by atoms with E-state index in [0.717, 1.165) is 11.3 Å². The summed E-state index contributed by atoms with van der Waals surface area (Å²) in [5.41, 5.74) is 2.75. The van der Waals surface area contributed by atoms with Crippen LogP contribution in [0.1, 0.15) is 52.0 Å². The van der Waals surface area contributed by atoms with Crippen LogP contribution in [-0.4, -0.2) is 30.7 Å². The van der Waals surface area contributed by atoms with Gasteiger partial charge in [0, 0.05) is 34.9 Å². The van der Waals surface area contributed by atoms with Crippen LogP contribution in [0.4, 0.5) is 0 Å². The lowest BCUT2D eigenvalue weighted by molar-refractivity contribution is -0.145. The van der Waals surface area contributed by atoms with Crippen molar-refractivity contribution in [3.63, 3.8) is 0 Å². The van der Waals surface area contributed by atoms with Gasteiger partial charge in [-0.05, 0) is 31.7 Å². The monoisotopic (exact) mass is 395 g/mol. The number of esters is 1. The van der Waals surface area contributed by atoms with Gasteiger partial charge in [-0.2, -0.15) is 0 Å². The molecule has 0 aromatic heterocycles. The van der Waals surface area contributed by atoms with E-state index >= 15 is 0 Å². The van der Waals surface area contributed by atoms with Gasteiger partial charge in [-0.15, -0.1) is 0 Å². The molecule has 3 rings (SSSR count). The molecule has 0 bridgehead atoms. The molecule has 5 heteroatoms. The summed E-state index contributed by atoms with van der Waals surface area (Å²) in [4.78, 5) is 31.0. The standard InChI is InChI=1S/C24H29NO4/c1-6-12-29-23(27)20-15(3)25-17-13-24(4,5)14-18(26)22(17)21(20)16-10-8-9-11-19(16)28-7-2/h6,8-11,20-21H,1,7,12-14H2,2-5H3/t20-,21+/m0/s1. The van der Waals surface area contributed by atoms with Gasteiger partial charge in [-0.25, -0.2) is 0 Å². The van der Waals surface area contributed by atoms with E-state index in [2.05, 4.69) is 20.4 Å². The summed E-state index contributed by atoms with van der Waals surface area (Å²) in [5.74, 6) is -0.802. The van der Waals surface area contributed by atoms with Crippen molar-refractivity contribution in [2.75, 3.05) is 13.2 Å². The van der Waals surface area contributed by atoms with Crippen LogP contribution in [0.15, 0.2) is 53.2 Å². The zero-order chi connectivity index (χ0) is 21.2. The van der Waals surface area contributed by atoms with Gasteiger partial charge in [-0.1, -0.05) is 44.7 Å². The molecule has 2 atom stereocenters. The third-order valence-electron chi connectivity index (χ3n) is 5.45. The number of carbonyl (C=O) groups is 2. The summed E-state index contributed by atoms with van der Waals surface area (Å²) < 4.78 is 11.2. The number of allylic oxidation sites excluding steroid dienone is 2. The molecule has 29 heavy (non-hydrogen) atoms. The third-order valence-corrected chi connectivity index (χ3v) is 5.45. The summed E-state index contributed by atoms with van der Waals surface area (Å²) in [7, 11) is 0. The van der Waals surface area contributed by atoms with E-state index in [-0.39, 0.29) is 17.8 Å². The Balaban J connectivity index is 2.18. The van der Waals surface area contributed by atoms with E-state index in [9.17, 15) is 9.59 Å². The van der Waals surface area contributed by atoms with Crippen LogP contribution < -0.4 is 4.74 Å². The normalized spacial score (nSPS) is 23.2. The number of benzene rings is 1. The topological polar surface area (TPSA) is 65.0 Å². The number of hydrogen-bond acceptors (Lipinski definition) is 5. The lowest BCUT2D eigenvalue weighted by atomic mass is 9.66. The molecular formula is C24H29NO4. The number of rotatable bonds is 6. The molecule has 1 aromatic rings. The van der Waals surface area contributed by atoms with Crippen LogP contribution in [0.2, 0.25) is 0 Å². The predicted octanol–water partition coefficient (Wildman–Crippen LogP) is 4.63. The number of ketones is 1. The van der Waals surface area contributed by atoms with Gasteiger partial charge < -0.3 is 9.47 Å². The summed E-state index contributed by atoms with van der Waals surface area (Å²) in [6.07, 6.45) is 2.67. The number of para-hydroxylation sites is 1. The van der Waals surface area contributed by atoms with Crippen LogP contribution in [0.3, 0.4) is 0 Å². The van der Waals surface area contributed by atoms with E-state index in [1.807, 2.05) is 38.1 Å². The van der Waals surface area contributed by atoms with Crippen molar-refractivity contribution in [1.82, 2.24) is 0 Å². The van der Waals surface area contributed by atoms with Crippen LogP contribution in [-0.2, 0) is 14.3 Å². The van der Waals surface area contributed by atoms with Gasteiger partial charge in [0.05, 0.1) is 6.61 Å². The summed E-state index contributed by atoms with van der Waals surface area (Å²) >= 11 is 0. The smallest absolute Gasteiger partial charge is 0.315 e. The molecule has 1 aliphatic heterocycles. The minimum atomic E-state index is -0.666. The minimum Gasteiger partial charge on any atom is -0.494 e. The minimum absolute atomic E-state index is 0.0466. The number of Topliss-reactive ketones (excluding diaryl/α,β-unsaturated/α-hetero) is 1. The molecule has 154 valence electrons. The fourth-order valence-electron chi connectivity index (χ4n) is 4.34. The fourth-order valence-corrected chi connectivity index (χ4v) is 4.34. The lowest BCUT2D eigenvalue weighted by Crippen LogP contribution is -2.39. The third kappa shape index (κ3) is 4.19. The van der Waals surface area contributed by atoms with Crippen molar-refractivity contribution in [3.05, 3.63) is 53.8 Å². The van der Waals surface area contributed by atoms with Crippen molar-refractivity contribution >= 4 is 17.5 Å². The molecule has 0 fully saturated rings. The molecule has 0 N–H and O–H groups in total. The van der Waals surface area contributed by atoms with Crippen LogP contribution >= 0.6 is 0 Å². The zero-order valence-electron chi connectivity index (χ0n) is 17.7. The van der Waals surface area contributed by atoms with Gasteiger partial charge in [0.1, 0.15) is 18.3 Å². The highest BCUT2D eigenvalue weighted by atomic mass is 16.5. The van der Waals surface area contributed by atoms with Crippen molar-refractivity contribution < 1.29 is 19.1 Å². The molecule has 0 unspecified atom stereocenters. The van der Waals surface area contributed by atoms with Crippen molar-refractivity contribution in [1.29, 1.82) is 0 Å². The molecule has 1 aromatic carbocycles. The molecule has 1 aliphatic carbocycles. The van der Waals surface area contributed by atoms with Gasteiger partial charge in [0.25, 0.3) is 0 Å². The predicted molar refractivity (Wildman–Crippen MR) is 113 cm³/mol. The maximum Gasteiger partial charge on any atom is 0.315 e. The summed E-state index contributed by atoms with van der Waals surface area (Å²) in [6, 6.07) is 7.61. The van der Waals surface area contributed by atoms with Crippen molar-refractivity contribution in [3.8, 4) is 5.75 Å². The molecule has 0 saturated carbocycles. The zero-order valence-corrected chi connectivity index (χ0v) is 17.7. The first-order valence-electron chi connectivity index (χ1n) is 10.1. The highest BCUT2D eigenvalue weighted by molar-refractivity contribution is 6.09. The Morgan fingerprint density at radius 2 is 2.03 bits per heavy atom. The van der Waals surface area contributed by atoms with Gasteiger partial charge in [0.15, 0.2) is 5.78 Å². The van der Waals surface area contributed by atoms with E-state index in [1.165, 1.54) is 6.08 Å². The first-order chi connectivity index (χ1) is 13.8. The first-order valence-corrected chi connectivity index (χ1v) is 10.1. The van der Waals surface area contributed by atoms with Crippen molar-refractivity contribution in [2.24, 2.45) is 16.3 Å². The Morgan fingerprint density at radius 1 is 1.31 bits per heavy atom. The average Bonchev–Trinajstić information content (AvgIpc) is 2.64. The number of nitrogens with zero attached hydrogens (tertiary/aromatic N) is 1. The quantitative estimate of drug-likeness (QED) is 0.520. The van der Waals surface area contributed by atoms with Gasteiger partial charge in [0.2, 0.25) is 0 Å². The van der Waals surface area contributed by atoms with Gasteiger partial charge in [-0.3, -0.25) is 14.6 Å². The Labute approximate surface area is 172 Å². The molecule has 5 nitrogen and oxygen atoms in total. The van der Waals surface area contributed by atoms with Crippen LogP contribution in [0, 0.1) is 11.3 Å². The SMILES string of the molecule is C=CCOC(=O)[C@H]1C(C)=NC2=C(C(=O)CC(C)(C)C2)[C@@H]1c1ccccc1OCC.